The lowest BCUT2D eigenvalue weighted by molar-refractivity contribution is 0.257. The van der Waals surface area contributed by atoms with E-state index in [4.69, 9.17) is 4.99 Å². The summed E-state index contributed by atoms with van der Waals surface area (Å²) >= 11 is 0. The van der Waals surface area contributed by atoms with Crippen LogP contribution >= 0.6 is 0 Å². The van der Waals surface area contributed by atoms with Gasteiger partial charge in [-0.3, -0.25) is 19.9 Å². The van der Waals surface area contributed by atoms with E-state index in [9.17, 15) is 0 Å². The summed E-state index contributed by atoms with van der Waals surface area (Å²) in [6, 6.07) is 8.34. The molecule has 8 heteroatoms. The molecular weight excluding hydrogens is 388 g/mol. The van der Waals surface area contributed by atoms with Crippen molar-refractivity contribution < 1.29 is 0 Å². The van der Waals surface area contributed by atoms with Crippen molar-refractivity contribution in [1.82, 2.24) is 24.7 Å². The molecule has 0 N–H and O–H groups in total. The van der Waals surface area contributed by atoms with Crippen molar-refractivity contribution in [2.75, 3.05) is 79.3 Å². The highest BCUT2D eigenvalue weighted by molar-refractivity contribution is 5.79. The van der Waals surface area contributed by atoms with E-state index in [0.29, 0.717) is 6.54 Å². The predicted octanol–water partition coefficient (Wildman–Crippen LogP) is 2.09. The van der Waals surface area contributed by atoms with Crippen molar-refractivity contribution in [3.05, 3.63) is 48.0 Å². The second-order valence-electron chi connectivity index (χ2n) is 8.48. The predicted molar refractivity (Wildman–Crippen MR) is 131 cm³/mol. The number of aromatic nitrogens is 2. The third kappa shape index (κ3) is 7.71. The fourth-order valence-corrected chi connectivity index (χ4v) is 3.31. The number of pyridine rings is 2. The Bertz CT molecular complexity index is 781. The van der Waals surface area contributed by atoms with Gasteiger partial charge in [-0.25, -0.2) is 0 Å². The zero-order valence-corrected chi connectivity index (χ0v) is 20.4. The molecule has 2 rings (SSSR count). The molecule has 2 aromatic heterocycles. The van der Waals surface area contributed by atoms with Crippen LogP contribution in [0.2, 0.25) is 0 Å². The van der Waals surface area contributed by atoms with E-state index in [2.05, 4.69) is 36.8 Å². The summed E-state index contributed by atoms with van der Waals surface area (Å²) in [6.07, 6.45) is 3.75. The molecule has 0 saturated heterocycles. The highest BCUT2D eigenvalue weighted by Gasteiger charge is 2.12. The molecule has 8 nitrogen and oxygen atoms in total. The quantitative estimate of drug-likeness (QED) is 0.449. The molecule has 31 heavy (non-hydrogen) atoms. The fraction of sp³-hybridized carbons (Fsp3) is 0.522. The van der Waals surface area contributed by atoms with E-state index < -0.39 is 0 Å². The Balaban J connectivity index is 2.21. The summed E-state index contributed by atoms with van der Waals surface area (Å²) in [4.78, 5) is 24.6. The van der Waals surface area contributed by atoms with Gasteiger partial charge in [0, 0.05) is 99.8 Å². The van der Waals surface area contributed by atoms with E-state index >= 15 is 0 Å². The van der Waals surface area contributed by atoms with Gasteiger partial charge in [0.1, 0.15) is 0 Å². The molecule has 0 atom stereocenters. The first-order valence-corrected chi connectivity index (χ1v) is 10.5. The van der Waals surface area contributed by atoms with E-state index in [1.807, 2.05) is 90.7 Å². The molecule has 0 saturated carbocycles. The van der Waals surface area contributed by atoms with Gasteiger partial charge in [-0.1, -0.05) is 0 Å². The number of anilines is 2. The molecule has 0 radical (unpaired) electrons. The minimum Gasteiger partial charge on any atom is -0.378 e. The minimum absolute atomic E-state index is 0.701. The Hall–Kier alpha value is -2.87. The van der Waals surface area contributed by atoms with E-state index in [0.717, 1.165) is 48.4 Å². The Morgan fingerprint density at radius 1 is 0.742 bits per heavy atom. The second kappa shape index (κ2) is 11.5. The lowest BCUT2D eigenvalue weighted by Crippen LogP contribution is -2.36. The maximum atomic E-state index is 4.81. The molecule has 0 aliphatic heterocycles. The average molecular weight is 427 g/mol. The fourth-order valence-electron chi connectivity index (χ4n) is 3.31. The lowest BCUT2D eigenvalue weighted by atomic mass is 10.2. The van der Waals surface area contributed by atoms with Crippen LogP contribution in [0.1, 0.15) is 11.4 Å². The van der Waals surface area contributed by atoms with Gasteiger partial charge in [0.05, 0.1) is 17.9 Å². The average Bonchev–Trinajstić information content (AvgIpc) is 2.70. The molecule has 2 aromatic rings. The number of hydrogen-bond acceptors (Lipinski definition) is 6. The summed E-state index contributed by atoms with van der Waals surface area (Å²) in [6.45, 7) is 2.99. The second-order valence-corrected chi connectivity index (χ2v) is 8.48. The Morgan fingerprint density at radius 3 is 1.58 bits per heavy atom. The SMILES string of the molecule is CN(C)C(=NCCN(Cc1cc(N(C)C)ccn1)Cc1cc(N(C)C)ccn1)N(C)C. The van der Waals surface area contributed by atoms with Gasteiger partial charge >= 0.3 is 0 Å². The third-order valence-electron chi connectivity index (χ3n) is 4.87. The third-order valence-corrected chi connectivity index (χ3v) is 4.87. The molecule has 0 aromatic carbocycles. The Morgan fingerprint density at radius 2 is 1.19 bits per heavy atom. The monoisotopic (exact) mass is 426 g/mol. The van der Waals surface area contributed by atoms with Crippen LogP contribution in [0.15, 0.2) is 41.7 Å². The molecule has 170 valence electrons. The van der Waals surface area contributed by atoms with Gasteiger partial charge in [0.15, 0.2) is 5.96 Å². The summed E-state index contributed by atoms with van der Waals surface area (Å²) in [5.74, 6) is 0.959. The van der Waals surface area contributed by atoms with Gasteiger partial charge in [-0.15, -0.1) is 0 Å². The highest BCUT2D eigenvalue weighted by atomic mass is 15.3. The molecule has 2 heterocycles. The van der Waals surface area contributed by atoms with Crippen LogP contribution in [0.4, 0.5) is 11.4 Å². The Labute approximate surface area is 187 Å². The molecule has 0 aliphatic carbocycles. The van der Waals surface area contributed by atoms with Crippen LogP contribution in [-0.2, 0) is 13.1 Å². The molecule has 0 spiro atoms. The molecular formula is C23H38N8. The zero-order valence-electron chi connectivity index (χ0n) is 20.4. The highest BCUT2D eigenvalue weighted by Crippen LogP contribution is 2.16. The smallest absolute Gasteiger partial charge is 0.195 e. The lowest BCUT2D eigenvalue weighted by Gasteiger charge is -2.25. The van der Waals surface area contributed by atoms with Crippen LogP contribution in [0.5, 0.6) is 0 Å². The van der Waals surface area contributed by atoms with Gasteiger partial charge in [-0.2, -0.15) is 0 Å². The van der Waals surface area contributed by atoms with Gasteiger partial charge < -0.3 is 19.6 Å². The molecule has 0 amide bonds. The van der Waals surface area contributed by atoms with Crippen molar-refractivity contribution in [2.24, 2.45) is 4.99 Å². The zero-order chi connectivity index (χ0) is 23.0. The van der Waals surface area contributed by atoms with Crippen molar-refractivity contribution in [3.8, 4) is 0 Å². The minimum atomic E-state index is 0.701. The molecule has 0 bridgehead atoms. The first-order chi connectivity index (χ1) is 14.7. The topological polar surface area (TPSA) is 54.3 Å². The van der Waals surface area contributed by atoms with Crippen molar-refractivity contribution in [2.45, 2.75) is 13.1 Å². The van der Waals surface area contributed by atoms with E-state index in [-0.39, 0.29) is 0 Å². The molecule has 0 aliphatic rings. The molecule has 0 unspecified atom stereocenters. The van der Waals surface area contributed by atoms with Crippen LogP contribution in [0.3, 0.4) is 0 Å². The number of guanidine groups is 1. The number of rotatable bonds is 9. The van der Waals surface area contributed by atoms with Crippen molar-refractivity contribution in [3.63, 3.8) is 0 Å². The largest absolute Gasteiger partial charge is 0.378 e. The summed E-state index contributed by atoms with van der Waals surface area (Å²) in [5, 5.41) is 0. The van der Waals surface area contributed by atoms with Crippen LogP contribution in [0, 0.1) is 0 Å². The van der Waals surface area contributed by atoms with Crippen LogP contribution in [0.25, 0.3) is 0 Å². The van der Waals surface area contributed by atoms with Gasteiger partial charge in [0.2, 0.25) is 0 Å². The van der Waals surface area contributed by atoms with Crippen LogP contribution < -0.4 is 9.80 Å². The first kappa shape index (κ1) is 24.4. The van der Waals surface area contributed by atoms with Crippen LogP contribution in [-0.4, -0.2) is 100 Å². The van der Waals surface area contributed by atoms with E-state index in [1.165, 1.54) is 0 Å². The van der Waals surface area contributed by atoms with Crippen molar-refractivity contribution >= 4 is 17.3 Å². The van der Waals surface area contributed by atoms with Crippen molar-refractivity contribution in [1.29, 1.82) is 0 Å². The normalized spacial score (nSPS) is 10.7. The standard InChI is InChI=1S/C23H38N8/c1-27(2)21-9-11-24-19(15-21)17-31(14-13-26-23(29(5)6)30(7)8)18-20-16-22(28(3)4)10-12-25-20/h9-12,15-16H,13-14,17-18H2,1-8H3. The number of hydrogen-bond donors (Lipinski definition) is 0. The summed E-state index contributed by atoms with van der Waals surface area (Å²) < 4.78 is 0. The molecule has 0 fully saturated rings. The maximum absolute atomic E-state index is 4.81. The number of nitrogens with zero attached hydrogens (tertiary/aromatic N) is 8. The summed E-state index contributed by atoms with van der Waals surface area (Å²) in [5.41, 5.74) is 4.38. The van der Waals surface area contributed by atoms with E-state index in [1.54, 1.807) is 0 Å². The van der Waals surface area contributed by atoms with Gasteiger partial charge in [0.25, 0.3) is 0 Å². The first-order valence-electron chi connectivity index (χ1n) is 10.5. The summed E-state index contributed by atoms with van der Waals surface area (Å²) in [7, 11) is 16.3. The maximum Gasteiger partial charge on any atom is 0.195 e. The van der Waals surface area contributed by atoms with Gasteiger partial charge in [-0.05, 0) is 24.3 Å². The number of aliphatic imine (C=N–C) groups is 1. The Kier molecular flexibility index (Phi) is 9.05.